The highest BCUT2D eigenvalue weighted by atomic mass is 28.4. The first-order valence-electron chi connectivity index (χ1n) is 9.24. The van der Waals surface area contributed by atoms with Crippen molar-refractivity contribution in [3.8, 4) is 0 Å². The van der Waals surface area contributed by atoms with Gasteiger partial charge in [0, 0.05) is 20.8 Å². The highest BCUT2D eigenvalue weighted by molar-refractivity contribution is 6.74. The number of rotatable bonds is 6. The number of nitrogens with one attached hydrogen (secondary N) is 1. The van der Waals surface area contributed by atoms with Crippen molar-refractivity contribution in [1.29, 1.82) is 0 Å². The number of ether oxygens (including phenoxy) is 3. The maximum atomic E-state index is 11.7. The van der Waals surface area contributed by atoms with E-state index in [1.165, 1.54) is 20.8 Å². The fourth-order valence-corrected chi connectivity index (χ4v) is 3.63. The minimum atomic E-state index is -2.16. The van der Waals surface area contributed by atoms with Gasteiger partial charge in [0.2, 0.25) is 5.91 Å². The summed E-state index contributed by atoms with van der Waals surface area (Å²) < 4.78 is 22.4. The zero-order valence-corrected chi connectivity index (χ0v) is 18.9. The Hall–Kier alpha value is -1.49. The van der Waals surface area contributed by atoms with Crippen molar-refractivity contribution in [3.63, 3.8) is 0 Å². The second kappa shape index (κ2) is 9.34. The van der Waals surface area contributed by atoms with E-state index in [0.29, 0.717) is 0 Å². The van der Waals surface area contributed by atoms with Crippen LogP contribution >= 0.6 is 0 Å². The molecule has 0 saturated carbocycles. The van der Waals surface area contributed by atoms with Gasteiger partial charge in [0.1, 0.15) is 12.1 Å². The Bertz CT molecular complexity index is 589. The van der Waals surface area contributed by atoms with E-state index in [0.717, 1.165) is 0 Å². The van der Waals surface area contributed by atoms with Crippen LogP contribution in [0.25, 0.3) is 0 Å². The van der Waals surface area contributed by atoms with Crippen LogP contribution in [0.2, 0.25) is 18.1 Å². The van der Waals surface area contributed by atoms with Crippen LogP contribution in [0.5, 0.6) is 0 Å². The van der Waals surface area contributed by atoms with Crippen molar-refractivity contribution in [2.75, 3.05) is 6.61 Å². The molecule has 1 saturated heterocycles. The summed E-state index contributed by atoms with van der Waals surface area (Å²) in [6, 6.07) is -1.09. The summed E-state index contributed by atoms with van der Waals surface area (Å²) in [4.78, 5) is 34.8. The van der Waals surface area contributed by atoms with E-state index in [2.05, 4.69) is 39.2 Å². The standard InChI is InChI=1S/C18H33NO8Si/c1-10(20)19-14-16(26-12(3)22)15(25-11(2)21)13(27-17(14)23)9-24-28(7,8)18(4,5)6/h13-17,23H,9H2,1-8H3,(H,19,20)/t13-,14-,15-,16-,17+/m1/s1. The number of carbonyl (C=O) groups excluding carboxylic acids is 3. The lowest BCUT2D eigenvalue weighted by Gasteiger charge is -2.45. The number of amides is 1. The van der Waals surface area contributed by atoms with E-state index in [1.807, 2.05) is 0 Å². The quantitative estimate of drug-likeness (QED) is 0.485. The Morgan fingerprint density at radius 2 is 1.54 bits per heavy atom. The maximum absolute atomic E-state index is 11.7. The average molecular weight is 420 g/mol. The molecule has 1 aliphatic heterocycles. The summed E-state index contributed by atoms with van der Waals surface area (Å²) in [6.45, 7) is 14.0. The van der Waals surface area contributed by atoms with Crippen LogP contribution in [-0.4, -0.2) is 68.5 Å². The molecule has 0 bridgehead atoms. The molecule has 5 atom stereocenters. The molecular formula is C18H33NO8Si. The molecule has 0 spiro atoms. The SMILES string of the molecule is CC(=O)N[C@@H]1[C@@H](OC(C)=O)[C@H](OC(C)=O)[C@@H](CO[Si](C)(C)C(C)(C)C)O[C@@H]1O. The van der Waals surface area contributed by atoms with E-state index in [9.17, 15) is 19.5 Å². The third kappa shape index (κ3) is 6.54. The van der Waals surface area contributed by atoms with Crippen molar-refractivity contribution < 1.29 is 38.1 Å². The second-order valence-electron chi connectivity index (χ2n) is 8.51. The van der Waals surface area contributed by atoms with E-state index in [-0.39, 0.29) is 11.6 Å². The number of carbonyl (C=O) groups is 3. The van der Waals surface area contributed by atoms with Gasteiger partial charge in [-0.1, -0.05) is 20.8 Å². The van der Waals surface area contributed by atoms with Gasteiger partial charge in [-0.25, -0.2) is 0 Å². The van der Waals surface area contributed by atoms with Gasteiger partial charge in [-0.05, 0) is 18.1 Å². The molecule has 1 aliphatic rings. The third-order valence-corrected chi connectivity index (χ3v) is 9.55. The fraction of sp³-hybridized carbons (Fsp3) is 0.833. The topological polar surface area (TPSA) is 120 Å². The highest BCUT2D eigenvalue weighted by Gasteiger charge is 2.50. The van der Waals surface area contributed by atoms with Gasteiger partial charge in [0.15, 0.2) is 26.8 Å². The van der Waals surface area contributed by atoms with Crippen molar-refractivity contribution in [3.05, 3.63) is 0 Å². The second-order valence-corrected chi connectivity index (χ2v) is 13.3. The predicted molar refractivity (Wildman–Crippen MR) is 103 cm³/mol. The number of aliphatic hydroxyl groups is 1. The maximum Gasteiger partial charge on any atom is 0.303 e. The van der Waals surface area contributed by atoms with Crippen LogP contribution in [0.1, 0.15) is 41.5 Å². The van der Waals surface area contributed by atoms with Gasteiger partial charge in [0.25, 0.3) is 0 Å². The first-order valence-corrected chi connectivity index (χ1v) is 12.2. The van der Waals surface area contributed by atoms with Gasteiger partial charge in [-0.3, -0.25) is 14.4 Å². The zero-order chi connectivity index (χ0) is 21.9. The largest absolute Gasteiger partial charge is 0.456 e. The first kappa shape index (κ1) is 24.5. The van der Waals surface area contributed by atoms with Gasteiger partial charge in [-0.15, -0.1) is 0 Å². The Morgan fingerprint density at radius 3 is 1.96 bits per heavy atom. The molecule has 2 N–H and O–H groups in total. The number of hydrogen-bond acceptors (Lipinski definition) is 8. The molecule has 1 amide bonds. The normalized spacial score (nSPS) is 28.4. The van der Waals surface area contributed by atoms with Crippen molar-refractivity contribution in [2.45, 2.75) is 90.3 Å². The van der Waals surface area contributed by atoms with Crippen molar-refractivity contribution in [1.82, 2.24) is 5.32 Å². The lowest BCUT2D eigenvalue weighted by molar-refractivity contribution is -0.262. The molecular weight excluding hydrogens is 386 g/mol. The summed E-state index contributed by atoms with van der Waals surface area (Å²) in [6.07, 6.45) is -4.51. The molecule has 1 fully saturated rings. The summed E-state index contributed by atoms with van der Waals surface area (Å²) in [5.41, 5.74) is 0. The summed E-state index contributed by atoms with van der Waals surface area (Å²) in [5.74, 6) is -1.71. The Kier molecular flexibility index (Phi) is 8.18. The third-order valence-electron chi connectivity index (χ3n) is 5.05. The van der Waals surface area contributed by atoms with E-state index in [1.54, 1.807) is 0 Å². The van der Waals surface area contributed by atoms with E-state index >= 15 is 0 Å². The van der Waals surface area contributed by atoms with Crippen LogP contribution in [-0.2, 0) is 33.0 Å². The molecule has 9 nitrogen and oxygen atoms in total. The molecule has 0 unspecified atom stereocenters. The lowest BCUT2D eigenvalue weighted by atomic mass is 9.96. The van der Waals surface area contributed by atoms with Crippen molar-refractivity contribution in [2.24, 2.45) is 0 Å². The molecule has 0 aromatic heterocycles. The van der Waals surface area contributed by atoms with Gasteiger partial charge >= 0.3 is 11.9 Å². The van der Waals surface area contributed by atoms with E-state index in [4.69, 9.17) is 18.6 Å². The predicted octanol–water partition coefficient (Wildman–Crippen LogP) is 1.09. The summed E-state index contributed by atoms with van der Waals surface area (Å²) in [5, 5.41) is 12.8. The minimum Gasteiger partial charge on any atom is -0.456 e. The van der Waals surface area contributed by atoms with Gasteiger partial charge < -0.3 is 29.1 Å². The van der Waals surface area contributed by atoms with E-state index < -0.39 is 56.8 Å². The Balaban J connectivity index is 3.15. The zero-order valence-electron chi connectivity index (χ0n) is 17.9. The molecule has 1 rings (SSSR count). The number of aliphatic hydroxyl groups excluding tert-OH is 1. The molecule has 0 aliphatic carbocycles. The van der Waals surface area contributed by atoms with Crippen LogP contribution in [0.4, 0.5) is 0 Å². The molecule has 1 heterocycles. The average Bonchev–Trinajstić information content (AvgIpc) is 2.49. The number of hydrogen-bond donors (Lipinski definition) is 2. The summed E-state index contributed by atoms with van der Waals surface area (Å²) >= 11 is 0. The van der Waals surface area contributed by atoms with Crippen LogP contribution in [0.3, 0.4) is 0 Å². The lowest BCUT2D eigenvalue weighted by Crippen LogP contribution is -2.66. The van der Waals surface area contributed by atoms with Gasteiger partial charge in [-0.2, -0.15) is 0 Å². The Labute approximate surface area is 167 Å². The minimum absolute atomic E-state index is 0.0378. The monoisotopic (exact) mass is 419 g/mol. The van der Waals surface area contributed by atoms with Crippen molar-refractivity contribution >= 4 is 26.2 Å². The molecule has 10 heteroatoms. The van der Waals surface area contributed by atoms with Crippen LogP contribution in [0.15, 0.2) is 0 Å². The van der Waals surface area contributed by atoms with Gasteiger partial charge in [0.05, 0.1) is 6.61 Å². The number of esters is 2. The highest BCUT2D eigenvalue weighted by Crippen LogP contribution is 2.37. The van der Waals surface area contributed by atoms with Crippen LogP contribution in [0, 0.1) is 0 Å². The first-order chi connectivity index (χ1) is 12.7. The smallest absolute Gasteiger partial charge is 0.303 e. The molecule has 162 valence electrons. The molecule has 0 aromatic rings. The summed E-state index contributed by atoms with van der Waals surface area (Å²) in [7, 11) is -2.16. The molecule has 28 heavy (non-hydrogen) atoms. The fourth-order valence-electron chi connectivity index (χ4n) is 2.62. The molecule has 0 radical (unpaired) electrons. The van der Waals surface area contributed by atoms with Crippen LogP contribution < -0.4 is 5.32 Å². The Morgan fingerprint density at radius 1 is 1.04 bits per heavy atom. The molecule has 0 aromatic carbocycles.